The molecule has 0 radical (unpaired) electrons. The molecule has 1 fully saturated rings. The van der Waals surface area contributed by atoms with E-state index in [1.54, 1.807) is 36.4 Å². The van der Waals surface area contributed by atoms with E-state index in [-0.39, 0.29) is 15.5 Å². The van der Waals surface area contributed by atoms with Crippen LogP contribution in [0, 0.1) is 5.92 Å². The summed E-state index contributed by atoms with van der Waals surface area (Å²) in [7, 11) is -3.65. The van der Waals surface area contributed by atoms with E-state index in [9.17, 15) is 13.2 Å². The van der Waals surface area contributed by atoms with Crippen molar-refractivity contribution < 1.29 is 17.7 Å². The molecule has 2 atom stereocenters. The van der Waals surface area contributed by atoms with Gasteiger partial charge in [0.25, 0.3) is 5.91 Å². The van der Waals surface area contributed by atoms with E-state index in [1.165, 1.54) is 24.3 Å². The molecule has 7 heteroatoms. The third kappa shape index (κ3) is 3.50. The lowest BCUT2D eigenvalue weighted by Crippen LogP contribution is -2.12. The smallest absolute Gasteiger partial charge is 0.277 e. The average molecular weight is 382 g/mol. The Hall–Kier alpha value is -2.93. The van der Waals surface area contributed by atoms with Gasteiger partial charge >= 0.3 is 0 Å². The van der Waals surface area contributed by atoms with Crippen molar-refractivity contribution in [3.05, 3.63) is 72.1 Å². The molecule has 2 aromatic carbocycles. The first kappa shape index (κ1) is 17.5. The zero-order valence-electron chi connectivity index (χ0n) is 14.6. The van der Waals surface area contributed by atoms with Gasteiger partial charge < -0.3 is 9.84 Å². The van der Waals surface area contributed by atoms with Crippen LogP contribution in [0.4, 0.5) is 5.69 Å². The number of sulfone groups is 1. The number of benzene rings is 2. The molecule has 6 nitrogen and oxygen atoms in total. The van der Waals surface area contributed by atoms with Crippen LogP contribution in [0.5, 0.6) is 0 Å². The summed E-state index contributed by atoms with van der Waals surface area (Å²) < 4.78 is 30.7. The highest BCUT2D eigenvalue weighted by Gasteiger charge is 2.37. The van der Waals surface area contributed by atoms with Gasteiger partial charge in [0.1, 0.15) is 5.76 Å². The van der Waals surface area contributed by atoms with E-state index in [2.05, 4.69) is 17.4 Å². The Labute approximate surface area is 157 Å². The van der Waals surface area contributed by atoms with E-state index >= 15 is 0 Å². The number of carbonyl (C=O) groups is 1. The van der Waals surface area contributed by atoms with E-state index in [1.807, 2.05) is 0 Å². The molecule has 1 saturated carbocycles. The number of nitrogens with zero attached hydrogens (tertiary/aromatic N) is 1. The minimum atomic E-state index is -3.65. The van der Waals surface area contributed by atoms with Crippen LogP contribution >= 0.6 is 0 Å². The summed E-state index contributed by atoms with van der Waals surface area (Å²) in [5, 5.41) is 6.50. The zero-order valence-corrected chi connectivity index (χ0v) is 15.4. The summed E-state index contributed by atoms with van der Waals surface area (Å²) in [5.41, 5.74) is 0.557. The molecule has 138 valence electrons. The highest BCUT2D eigenvalue weighted by molar-refractivity contribution is 7.91. The Kier molecular flexibility index (Phi) is 4.31. The topological polar surface area (TPSA) is 89.3 Å². The van der Waals surface area contributed by atoms with Crippen molar-refractivity contribution in [3.63, 3.8) is 0 Å². The largest absolute Gasteiger partial charge is 0.360 e. The third-order valence-corrected chi connectivity index (χ3v) is 6.46. The lowest BCUT2D eigenvalue weighted by atomic mass is 10.2. The molecular formula is C20H18N2O4S. The molecule has 0 bridgehead atoms. The maximum Gasteiger partial charge on any atom is 0.277 e. The Morgan fingerprint density at radius 1 is 1.07 bits per heavy atom. The quantitative estimate of drug-likeness (QED) is 0.723. The predicted molar refractivity (Wildman–Crippen MR) is 99.3 cm³/mol. The molecule has 1 heterocycles. The Morgan fingerprint density at radius 2 is 1.78 bits per heavy atom. The maximum absolute atomic E-state index is 12.7. The van der Waals surface area contributed by atoms with Gasteiger partial charge in [-0.2, -0.15) is 0 Å². The predicted octanol–water partition coefficient (Wildman–Crippen LogP) is 3.88. The fourth-order valence-corrected chi connectivity index (χ4v) is 4.29. The summed E-state index contributed by atoms with van der Waals surface area (Å²) >= 11 is 0. The van der Waals surface area contributed by atoms with Gasteiger partial charge in [-0.05, 0) is 42.7 Å². The number of nitrogens with one attached hydrogen (secondary N) is 1. The van der Waals surface area contributed by atoms with Crippen molar-refractivity contribution in [2.75, 3.05) is 5.32 Å². The second-order valence-electron chi connectivity index (χ2n) is 6.73. The van der Waals surface area contributed by atoms with Gasteiger partial charge in [-0.15, -0.1) is 0 Å². The van der Waals surface area contributed by atoms with Crippen LogP contribution in [0.15, 0.2) is 75.0 Å². The number of carbonyl (C=O) groups excluding carboxylic acids is 1. The molecule has 1 N–H and O–H groups in total. The molecule has 0 spiro atoms. The van der Waals surface area contributed by atoms with Gasteiger partial charge in [0, 0.05) is 17.7 Å². The summed E-state index contributed by atoms with van der Waals surface area (Å²) in [6, 6.07) is 16.0. The monoisotopic (exact) mass is 382 g/mol. The minimum Gasteiger partial charge on any atom is -0.360 e. The molecule has 1 amide bonds. The highest BCUT2D eigenvalue weighted by Crippen LogP contribution is 2.46. The first-order valence-corrected chi connectivity index (χ1v) is 10.1. The molecule has 2 unspecified atom stereocenters. The molecule has 1 aliphatic carbocycles. The number of hydrogen-bond acceptors (Lipinski definition) is 5. The number of amides is 1. The maximum atomic E-state index is 12.7. The van der Waals surface area contributed by atoms with Crippen molar-refractivity contribution in [2.45, 2.75) is 29.1 Å². The van der Waals surface area contributed by atoms with Crippen LogP contribution in [0.3, 0.4) is 0 Å². The van der Waals surface area contributed by atoms with Gasteiger partial charge in [-0.3, -0.25) is 4.79 Å². The highest BCUT2D eigenvalue weighted by atomic mass is 32.2. The van der Waals surface area contributed by atoms with Crippen LogP contribution in [0.1, 0.15) is 35.5 Å². The summed E-state index contributed by atoms with van der Waals surface area (Å²) in [6.45, 7) is 2.12. The zero-order chi connectivity index (χ0) is 19.0. The van der Waals surface area contributed by atoms with E-state index < -0.39 is 15.7 Å². The molecule has 4 rings (SSSR count). The van der Waals surface area contributed by atoms with Gasteiger partial charge in [-0.25, -0.2) is 8.42 Å². The Balaban J connectivity index is 1.54. The number of aromatic nitrogens is 1. The van der Waals surface area contributed by atoms with E-state index in [0.717, 1.165) is 6.42 Å². The van der Waals surface area contributed by atoms with E-state index in [4.69, 9.17) is 4.52 Å². The first-order chi connectivity index (χ1) is 12.9. The average Bonchev–Trinajstić information content (AvgIpc) is 3.20. The second-order valence-corrected chi connectivity index (χ2v) is 8.68. The second kappa shape index (κ2) is 6.66. The number of hydrogen-bond donors (Lipinski definition) is 1. The summed E-state index contributed by atoms with van der Waals surface area (Å²) in [5.74, 6) is 1.16. The molecule has 1 aliphatic rings. The van der Waals surface area contributed by atoms with E-state index in [0.29, 0.717) is 23.3 Å². The van der Waals surface area contributed by atoms with Crippen molar-refractivity contribution in [2.24, 2.45) is 5.92 Å². The van der Waals surface area contributed by atoms with Crippen molar-refractivity contribution in [1.29, 1.82) is 0 Å². The van der Waals surface area contributed by atoms with Crippen LogP contribution in [-0.2, 0) is 9.84 Å². The van der Waals surface area contributed by atoms with Crippen LogP contribution in [0.25, 0.3) is 0 Å². The number of rotatable bonds is 5. The Bertz CT molecular complexity index is 1090. The van der Waals surface area contributed by atoms with Gasteiger partial charge in [0.15, 0.2) is 5.69 Å². The van der Waals surface area contributed by atoms with Crippen LogP contribution < -0.4 is 5.32 Å². The third-order valence-electron chi connectivity index (χ3n) is 4.69. The van der Waals surface area contributed by atoms with Crippen LogP contribution in [-0.4, -0.2) is 19.5 Å². The first-order valence-electron chi connectivity index (χ1n) is 8.63. The van der Waals surface area contributed by atoms with Crippen molar-refractivity contribution >= 4 is 21.4 Å². The molecule has 0 saturated heterocycles. The molecule has 3 aromatic rings. The SMILES string of the molecule is CC1CC1c1cc(C(=O)Nc2cccc(S(=O)(=O)c3ccccc3)c2)no1. The Morgan fingerprint density at radius 3 is 2.48 bits per heavy atom. The van der Waals surface area contributed by atoms with Crippen molar-refractivity contribution in [3.8, 4) is 0 Å². The summed E-state index contributed by atoms with van der Waals surface area (Å²) in [4.78, 5) is 12.7. The normalized spacial score (nSPS) is 18.9. The fraction of sp³-hybridized carbons (Fsp3) is 0.200. The van der Waals surface area contributed by atoms with Gasteiger partial charge in [0.05, 0.1) is 9.79 Å². The minimum absolute atomic E-state index is 0.110. The summed E-state index contributed by atoms with van der Waals surface area (Å²) in [6.07, 6.45) is 1.04. The molecule has 1 aromatic heterocycles. The lowest BCUT2D eigenvalue weighted by Gasteiger charge is -2.07. The standard InChI is InChI=1S/C20H18N2O4S/c1-13-10-17(13)19-12-18(22-26-19)20(23)21-14-6-5-9-16(11-14)27(24,25)15-7-3-2-4-8-15/h2-9,11-13,17H,10H2,1H3,(H,21,23). The molecule has 27 heavy (non-hydrogen) atoms. The molecule has 0 aliphatic heterocycles. The lowest BCUT2D eigenvalue weighted by molar-refractivity contribution is 0.101. The number of anilines is 1. The van der Waals surface area contributed by atoms with Crippen LogP contribution in [0.2, 0.25) is 0 Å². The van der Waals surface area contributed by atoms with Gasteiger partial charge in [0.2, 0.25) is 9.84 Å². The van der Waals surface area contributed by atoms with Crippen molar-refractivity contribution in [1.82, 2.24) is 5.16 Å². The fourth-order valence-electron chi connectivity index (χ4n) is 2.96. The molecular weight excluding hydrogens is 364 g/mol. The van der Waals surface area contributed by atoms with Gasteiger partial charge in [-0.1, -0.05) is 36.3 Å².